The average molecular weight is 457 g/mol. The molecule has 0 aliphatic carbocycles. The third kappa shape index (κ3) is 4.29. The predicted molar refractivity (Wildman–Crippen MR) is 101 cm³/mol. The van der Waals surface area contributed by atoms with Crippen LogP contribution in [0, 0.1) is 0 Å². The summed E-state index contributed by atoms with van der Waals surface area (Å²) < 4.78 is 11.1. The molecule has 0 unspecified atom stereocenters. The van der Waals surface area contributed by atoms with Crippen LogP contribution in [0.3, 0.4) is 0 Å². The van der Waals surface area contributed by atoms with Crippen LogP contribution in [0.5, 0.6) is 5.75 Å². The Bertz CT molecular complexity index is 986. The largest absolute Gasteiger partial charge is 0.496 e. The molecule has 10 heteroatoms. The molecular weight excluding hydrogens is 446 g/mol. The van der Waals surface area contributed by atoms with Crippen LogP contribution in [0.15, 0.2) is 49.5 Å². The Hall–Kier alpha value is -2.23. The molecule has 0 aliphatic rings. The van der Waals surface area contributed by atoms with Crippen molar-refractivity contribution in [1.29, 1.82) is 0 Å². The van der Waals surface area contributed by atoms with E-state index in [0.717, 1.165) is 11.8 Å². The van der Waals surface area contributed by atoms with Crippen molar-refractivity contribution in [2.24, 2.45) is 0 Å². The molecule has 2 aromatic heterocycles. The maximum atomic E-state index is 11.5. The van der Waals surface area contributed by atoms with E-state index in [-0.39, 0.29) is 10.1 Å². The summed E-state index contributed by atoms with van der Waals surface area (Å²) >= 11 is 10.1. The molecule has 7 nitrogen and oxygen atoms in total. The van der Waals surface area contributed by atoms with Gasteiger partial charge in [0.15, 0.2) is 10.5 Å². The van der Waals surface area contributed by atoms with E-state index in [4.69, 9.17) is 20.8 Å². The van der Waals surface area contributed by atoms with E-state index >= 15 is 0 Å². The molecule has 0 fully saturated rings. The van der Waals surface area contributed by atoms with Crippen LogP contribution in [0.1, 0.15) is 5.76 Å². The molecule has 2 heterocycles. The molecule has 3 aromatic rings. The molecule has 0 atom stereocenters. The number of halogens is 2. The fourth-order valence-electron chi connectivity index (χ4n) is 2.05. The molecule has 26 heavy (non-hydrogen) atoms. The van der Waals surface area contributed by atoms with Crippen molar-refractivity contribution >= 4 is 51.3 Å². The second kappa shape index (κ2) is 7.98. The predicted octanol–water partition coefficient (Wildman–Crippen LogP) is 4.71. The second-order valence-electron chi connectivity index (χ2n) is 4.87. The number of benzene rings is 1. The van der Waals surface area contributed by atoms with E-state index in [1.54, 1.807) is 30.3 Å². The van der Waals surface area contributed by atoms with E-state index in [0.29, 0.717) is 32.6 Å². The van der Waals surface area contributed by atoms with Crippen LogP contribution in [0.4, 0.5) is 0 Å². The molecule has 2 N–H and O–H groups in total. The van der Waals surface area contributed by atoms with Crippen molar-refractivity contribution in [3.05, 3.63) is 50.7 Å². The molecule has 0 amide bonds. The lowest BCUT2D eigenvalue weighted by molar-refractivity contribution is -0.131. The first-order valence-electron chi connectivity index (χ1n) is 7.11. The third-order valence-electron chi connectivity index (χ3n) is 3.16. The summed E-state index contributed by atoms with van der Waals surface area (Å²) in [4.78, 5) is 15.8. The normalized spacial score (nSPS) is 11.6. The number of carboxylic acid groups (broad SMARTS) is 1. The Kier molecular flexibility index (Phi) is 5.70. The number of hydrogen-bond donors (Lipinski definition) is 2. The summed E-state index contributed by atoms with van der Waals surface area (Å²) in [5, 5.41) is 17.0. The Labute approximate surface area is 165 Å². The van der Waals surface area contributed by atoms with E-state index < -0.39 is 5.97 Å². The quantitative estimate of drug-likeness (QED) is 0.409. The van der Waals surface area contributed by atoms with E-state index in [1.807, 2.05) is 0 Å². The number of H-pyrrole nitrogens is 1. The van der Waals surface area contributed by atoms with Gasteiger partial charge in [-0.2, -0.15) is 0 Å². The molecule has 0 aliphatic heterocycles. The van der Waals surface area contributed by atoms with Crippen molar-refractivity contribution in [2.45, 2.75) is 5.16 Å². The van der Waals surface area contributed by atoms with Crippen molar-refractivity contribution in [1.82, 2.24) is 15.2 Å². The Balaban J connectivity index is 1.88. The summed E-state index contributed by atoms with van der Waals surface area (Å²) in [6.45, 7) is 0. The van der Waals surface area contributed by atoms with Crippen LogP contribution in [0.2, 0.25) is 5.02 Å². The minimum absolute atomic E-state index is 0.00968. The van der Waals surface area contributed by atoms with Gasteiger partial charge in [-0.15, -0.1) is 5.10 Å². The van der Waals surface area contributed by atoms with E-state index in [2.05, 4.69) is 31.1 Å². The molecule has 134 valence electrons. The van der Waals surface area contributed by atoms with Gasteiger partial charge in [-0.3, -0.25) is 5.10 Å². The van der Waals surface area contributed by atoms with Crippen LogP contribution < -0.4 is 4.74 Å². The number of thioether (sulfide) groups is 1. The van der Waals surface area contributed by atoms with Crippen molar-refractivity contribution < 1.29 is 19.1 Å². The highest BCUT2D eigenvalue weighted by molar-refractivity contribution is 9.10. The van der Waals surface area contributed by atoms with Crippen LogP contribution in [0.25, 0.3) is 17.5 Å². The highest BCUT2D eigenvalue weighted by Crippen LogP contribution is 2.33. The summed E-state index contributed by atoms with van der Waals surface area (Å²) in [5.74, 6) is 0.261. The summed E-state index contributed by atoms with van der Waals surface area (Å²) in [6.07, 6.45) is 1.40. The number of nitrogens with one attached hydrogen (secondary N) is 1. The smallest absolute Gasteiger partial charge is 0.342 e. The number of furan rings is 1. The molecular formula is C16H11BrClN3O4S. The monoisotopic (exact) mass is 455 g/mol. The number of nitrogens with zero attached hydrogens (tertiary/aromatic N) is 2. The van der Waals surface area contributed by atoms with Gasteiger partial charge < -0.3 is 14.3 Å². The maximum absolute atomic E-state index is 11.5. The van der Waals surface area contributed by atoms with Gasteiger partial charge in [0, 0.05) is 11.1 Å². The van der Waals surface area contributed by atoms with Crippen LogP contribution >= 0.6 is 39.3 Å². The molecule has 1 aromatic carbocycles. The van der Waals surface area contributed by atoms with E-state index in [1.165, 1.54) is 13.2 Å². The first kappa shape index (κ1) is 18.6. The standard InChI is InChI=1S/C16H11BrClN3O4S/c1-24-11-4-2-8(18)6-10(11)14-19-16(21-20-14)26-12(15(22)23)7-9-3-5-13(17)25-9/h2-7H,1H3,(H,22,23)(H,19,20,21)/b12-7-. The Morgan fingerprint density at radius 1 is 1.42 bits per heavy atom. The van der Waals surface area contributed by atoms with Gasteiger partial charge in [-0.25, -0.2) is 9.78 Å². The fraction of sp³-hybridized carbons (Fsp3) is 0.0625. The topological polar surface area (TPSA) is 101 Å². The van der Waals surface area contributed by atoms with Crippen LogP contribution in [-0.4, -0.2) is 33.4 Å². The van der Waals surface area contributed by atoms with Gasteiger partial charge >= 0.3 is 5.97 Å². The number of aliphatic carboxylic acids is 1. The lowest BCUT2D eigenvalue weighted by Gasteiger charge is -2.05. The number of carboxylic acids is 1. The number of carbonyl (C=O) groups is 1. The minimum atomic E-state index is -1.12. The number of hydrogen-bond acceptors (Lipinski definition) is 6. The first-order chi connectivity index (χ1) is 12.5. The van der Waals surface area contributed by atoms with Crippen molar-refractivity contribution in [3.63, 3.8) is 0 Å². The highest BCUT2D eigenvalue weighted by atomic mass is 79.9. The number of ether oxygens (including phenoxy) is 1. The Morgan fingerprint density at radius 3 is 2.88 bits per heavy atom. The summed E-state index contributed by atoms with van der Waals surface area (Å²) in [7, 11) is 1.53. The van der Waals surface area contributed by atoms with Gasteiger partial charge in [0.05, 0.1) is 12.7 Å². The zero-order valence-electron chi connectivity index (χ0n) is 13.2. The van der Waals surface area contributed by atoms with Crippen molar-refractivity contribution in [3.8, 4) is 17.1 Å². The minimum Gasteiger partial charge on any atom is -0.496 e. The van der Waals surface area contributed by atoms with Gasteiger partial charge in [0.25, 0.3) is 0 Å². The molecule has 0 saturated carbocycles. The lowest BCUT2D eigenvalue weighted by atomic mass is 10.2. The molecule has 3 rings (SSSR count). The third-order valence-corrected chi connectivity index (χ3v) is 4.70. The van der Waals surface area contributed by atoms with E-state index in [9.17, 15) is 9.90 Å². The molecule has 0 bridgehead atoms. The van der Waals surface area contributed by atoms with Crippen molar-refractivity contribution in [2.75, 3.05) is 7.11 Å². The molecule has 0 spiro atoms. The van der Waals surface area contributed by atoms with Gasteiger partial charge in [0.1, 0.15) is 16.4 Å². The highest BCUT2D eigenvalue weighted by Gasteiger charge is 2.17. The van der Waals surface area contributed by atoms with Crippen LogP contribution in [-0.2, 0) is 4.79 Å². The summed E-state index contributed by atoms with van der Waals surface area (Å²) in [5.41, 5.74) is 0.621. The number of methoxy groups -OCH3 is 1. The Morgan fingerprint density at radius 2 is 2.23 bits per heavy atom. The molecule has 0 saturated heterocycles. The number of aromatic nitrogens is 3. The SMILES string of the molecule is COc1ccc(Cl)cc1-c1nc(S/C(=C\c2ccc(Br)o2)C(=O)O)n[nH]1. The van der Waals surface area contributed by atoms with Gasteiger partial charge in [-0.05, 0) is 58.0 Å². The maximum Gasteiger partial charge on any atom is 0.342 e. The molecule has 0 radical (unpaired) electrons. The lowest BCUT2D eigenvalue weighted by Crippen LogP contribution is -1.97. The first-order valence-corrected chi connectivity index (χ1v) is 9.09. The average Bonchev–Trinajstić information content (AvgIpc) is 3.23. The fourth-order valence-corrected chi connectivity index (χ4v) is 3.22. The number of aromatic amines is 1. The zero-order chi connectivity index (χ0) is 18.7. The van der Waals surface area contributed by atoms with Gasteiger partial charge in [-0.1, -0.05) is 11.6 Å². The van der Waals surface area contributed by atoms with Gasteiger partial charge in [0.2, 0.25) is 5.16 Å². The zero-order valence-corrected chi connectivity index (χ0v) is 16.4. The number of rotatable bonds is 6. The summed E-state index contributed by atoms with van der Waals surface area (Å²) in [6, 6.07) is 8.41. The second-order valence-corrected chi connectivity index (χ2v) is 7.10.